The van der Waals surface area contributed by atoms with Crippen LogP contribution in [0.5, 0.6) is 5.75 Å². The highest BCUT2D eigenvalue weighted by atomic mass is 17.4. The van der Waals surface area contributed by atoms with Crippen LogP contribution in [-0.2, 0) is 26.1 Å². The van der Waals surface area contributed by atoms with Gasteiger partial charge in [-0.2, -0.15) is 19.6 Å². The van der Waals surface area contributed by atoms with Gasteiger partial charge in [0.05, 0.1) is 0 Å². The molecule has 6 heteroatoms. The van der Waals surface area contributed by atoms with Gasteiger partial charge < -0.3 is 5.11 Å². The maximum Gasteiger partial charge on any atom is 0.237 e. The fourth-order valence-corrected chi connectivity index (χ4v) is 6.68. The van der Waals surface area contributed by atoms with E-state index in [2.05, 4.69) is 37.8 Å². The summed E-state index contributed by atoms with van der Waals surface area (Å²) in [5.41, 5.74) is 2.35. The molecule has 1 N–H and O–H groups in total. The van der Waals surface area contributed by atoms with Crippen LogP contribution in [0.4, 0.5) is 0 Å². The van der Waals surface area contributed by atoms with Gasteiger partial charge in [-0.1, -0.05) is 45.7 Å². The van der Waals surface area contributed by atoms with Crippen LogP contribution in [0.1, 0.15) is 102 Å². The SMILES string of the molecule is CC1CCC(C(C)C)C2(C1)OOC1(CCC(c3ccc(O)c(CN4CCCCC4)c3)CC1)OO2. The largest absolute Gasteiger partial charge is 0.508 e. The Kier molecular flexibility index (Phi) is 7.25. The Bertz CT molecular complexity index is 818. The van der Waals surface area contributed by atoms with Gasteiger partial charge >= 0.3 is 0 Å². The smallest absolute Gasteiger partial charge is 0.237 e. The van der Waals surface area contributed by atoms with Crippen LogP contribution in [0.15, 0.2) is 18.2 Å². The van der Waals surface area contributed by atoms with Gasteiger partial charge in [-0.05, 0) is 74.6 Å². The normalized spacial score (nSPS) is 37.5. The molecule has 2 heterocycles. The van der Waals surface area contributed by atoms with Crippen molar-refractivity contribution in [1.29, 1.82) is 0 Å². The second-order valence-electron chi connectivity index (χ2n) is 11.8. The molecule has 0 amide bonds. The van der Waals surface area contributed by atoms with E-state index in [0.29, 0.717) is 23.5 Å². The Morgan fingerprint density at radius 1 is 0.971 bits per heavy atom. The van der Waals surface area contributed by atoms with Gasteiger partial charge in [0.2, 0.25) is 11.6 Å². The lowest BCUT2D eigenvalue weighted by Crippen LogP contribution is -2.58. The lowest BCUT2D eigenvalue weighted by Gasteiger charge is -2.51. The molecule has 2 saturated heterocycles. The van der Waals surface area contributed by atoms with Crippen molar-refractivity contribution in [3.05, 3.63) is 29.3 Å². The van der Waals surface area contributed by atoms with Crippen LogP contribution in [0.25, 0.3) is 0 Å². The average molecular weight is 474 g/mol. The minimum atomic E-state index is -0.808. The lowest BCUT2D eigenvalue weighted by atomic mass is 9.73. The fourth-order valence-electron chi connectivity index (χ4n) is 6.68. The molecule has 1 aromatic carbocycles. The second-order valence-corrected chi connectivity index (χ2v) is 11.8. The number of rotatable bonds is 4. The molecule has 6 nitrogen and oxygen atoms in total. The van der Waals surface area contributed by atoms with Gasteiger partial charge in [0.1, 0.15) is 5.75 Å². The van der Waals surface area contributed by atoms with E-state index in [0.717, 1.165) is 63.7 Å². The first kappa shape index (κ1) is 24.5. The van der Waals surface area contributed by atoms with E-state index in [4.69, 9.17) is 19.6 Å². The minimum absolute atomic E-state index is 0.271. The molecule has 2 aliphatic carbocycles. The highest BCUT2D eigenvalue weighted by Crippen LogP contribution is 2.51. The van der Waals surface area contributed by atoms with Crippen LogP contribution in [0, 0.1) is 17.8 Å². The number of phenols is 1. The summed E-state index contributed by atoms with van der Waals surface area (Å²) >= 11 is 0. The number of hydrogen-bond acceptors (Lipinski definition) is 6. The van der Waals surface area contributed by atoms with E-state index in [1.54, 1.807) is 0 Å². The predicted molar refractivity (Wildman–Crippen MR) is 130 cm³/mol. The molecule has 34 heavy (non-hydrogen) atoms. The second kappa shape index (κ2) is 10.1. The van der Waals surface area contributed by atoms with Gasteiger partial charge in [-0.15, -0.1) is 0 Å². The zero-order valence-corrected chi connectivity index (χ0v) is 21.3. The Balaban J connectivity index is 1.20. The number of phenolic OH excluding ortho intramolecular Hbond substituents is 1. The summed E-state index contributed by atoms with van der Waals surface area (Å²) < 4.78 is 0. The van der Waals surface area contributed by atoms with Gasteiger partial charge in [-0.3, -0.25) is 4.90 Å². The molecular weight excluding hydrogens is 430 g/mol. The molecule has 0 radical (unpaired) electrons. The van der Waals surface area contributed by atoms with E-state index >= 15 is 0 Å². The molecule has 5 rings (SSSR count). The summed E-state index contributed by atoms with van der Waals surface area (Å²) in [5, 5.41) is 10.5. The summed E-state index contributed by atoms with van der Waals surface area (Å²) in [5.74, 6) is 0.485. The molecular formula is C28H43NO5. The van der Waals surface area contributed by atoms with Crippen molar-refractivity contribution in [1.82, 2.24) is 4.90 Å². The molecule has 190 valence electrons. The molecule has 4 aliphatic rings. The molecule has 2 saturated carbocycles. The quantitative estimate of drug-likeness (QED) is 0.509. The minimum Gasteiger partial charge on any atom is -0.508 e. The van der Waals surface area contributed by atoms with Crippen molar-refractivity contribution in [2.24, 2.45) is 17.8 Å². The Morgan fingerprint density at radius 2 is 1.68 bits per heavy atom. The van der Waals surface area contributed by atoms with Gasteiger partial charge in [0, 0.05) is 37.3 Å². The highest BCUT2D eigenvalue weighted by Gasteiger charge is 2.56. The first-order valence-corrected chi connectivity index (χ1v) is 13.7. The van der Waals surface area contributed by atoms with Crippen LogP contribution in [0.2, 0.25) is 0 Å². The first-order chi connectivity index (χ1) is 16.4. The third-order valence-corrected chi connectivity index (χ3v) is 8.81. The van der Waals surface area contributed by atoms with Crippen molar-refractivity contribution in [3.63, 3.8) is 0 Å². The molecule has 4 fully saturated rings. The highest BCUT2D eigenvalue weighted by molar-refractivity contribution is 5.38. The van der Waals surface area contributed by atoms with Gasteiger partial charge in [0.15, 0.2) is 0 Å². The summed E-state index contributed by atoms with van der Waals surface area (Å²) in [6.45, 7) is 9.79. The van der Waals surface area contributed by atoms with Crippen LogP contribution in [-0.4, -0.2) is 34.7 Å². The predicted octanol–water partition coefficient (Wildman–Crippen LogP) is 6.43. The molecule has 2 aliphatic heterocycles. The number of piperidine rings is 1. The topological polar surface area (TPSA) is 60.4 Å². The van der Waals surface area contributed by atoms with E-state index < -0.39 is 11.6 Å². The molecule has 0 bridgehead atoms. The van der Waals surface area contributed by atoms with Crippen LogP contribution >= 0.6 is 0 Å². The summed E-state index contributed by atoms with van der Waals surface area (Å²) in [7, 11) is 0. The lowest BCUT2D eigenvalue weighted by molar-refractivity contribution is -0.671. The monoisotopic (exact) mass is 473 g/mol. The number of aromatic hydroxyl groups is 1. The molecule has 2 atom stereocenters. The molecule has 1 aromatic rings. The van der Waals surface area contributed by atoms with E-state index in [9.17, 15) is 5.11 Å². The molecule has 0 aromatic heterocycles. The number of nitrogens with zero attached hydrogens (tertiary/aromatic N) is 1. The zero-order chi connectivity index (χ0) is 23.8. The number of hydrogen-bond donors (Lipinski definition) is 1. The van der Waals surface area contributed by atoms with E-state index in [1.165, 1.54) is 31.2 Å². The Labute approximate surface area is 204 Å². The van der Waals surface area contributed by atoms with Crippen molar-refractivity contribution >= 4 is 0 Å². The summed E-state index contributed by atoms with van der Waals surface area (Å²) in [6, 6.07) is 6.17. The zero-order valence-electron chi connectivity index (χ0n) is 21.3. The Morgan fingerprint density at radius 3 is 2.35 bits per heavy atom. The van der Waals surface area contributed by atoms with Crippen LogP contribution in [0.3, 0.4) is 0 Å². The van der Waals surface area contributed by atoms with Crippen molar-refractivity contribution in [2.45, 2.75) is 109 Å². The molecule has 2 unspecified atom stereocenters. The maximum absolute atomic E-state index is 10.5. The van der Waals surface area contributed by atoms with E-state index in [-0.39, 0.29) is 5.92 Å². The van der Waals surface area contributed by atoms with Crippen molar-refractivity contribution < 1.29 is 24.7 Å². The van der Waals surface area contributed by atoms with Crippen molar-refractivity contribution in [3.8, 4) is 5.75 Å². The fraction of sp³-hybridized carbons (Fsp3) is 0.786. The Hall–Kier alpha value is -1.18. The third kappa shape index (κ3) is 5.03. The average Bonchev–Trinajstić information content (AvgIpc) is 2.84. The standard InChI is InChI=1S/C28H43NO5/c1-20(2)25-9-7-21(3)18-28(25)33-31-27(32-34-28)13-11-22(12-14-27)23-8-10-26(30)24(17-23)19-29-15-5-4-6-16-29/h8,10,17,20-22,25,30H,4-7,9,11-16,18-19H2,1-3H3. The maximum atomic E-state index is 10.5. The summed E-state index contributed by atoms with van der Waals surface area (Å²) in [6.07, 6.45) is 10.3. The van der Waals surface area contributed by atoms with Gasteiger partial charge in [0.25, 0.3) is 0 Å². The van der Waals surface area contributed by atoms with E-state index in [1.807, 2.05) is 6.07 Å². The number of benzene rings is 1. The number of likely N-dealkylation sites (tertiary alicyclic amines) is 1. The summed E-state index contributed by atoms with van der Waals surface area (Å²) in [4.78, 5) is 26.8. The van der Waals surface area contributed by atoms with Gasteiger partial charge in [-0.25, -0.2) is 0 Å². The third-order valence-electron chi connectivity index (χ3n) is 8.81. The molecule has 2 spiro atoms. The van der Waals surface area contributed by atoms with Crippen molar-refractivity contribution in [2.75, 3.05) is 13.1 Å². The first-order valence-electron chi connectivity index (χ1n) is 13.7. The van der Waals surface area contributed by atoms with Crippen LogP contribution < -0.4 is 0 Å².